The number of amides is 1. The Hall–Kier alpha value is -4.49. The van der Waals surface area contributed by atoms with Crippen molar-refractivity contribution in [3.05, 3.63) is 87.8 Å². The fraction of sp³-hybridized carbons (Fsp3) is 0.167. The van der Waals surface area contributed by atoms with Crippen LogP contribution in [0.5, 0.6) is 0 Å². The van der Waals surface area contributed by atoms with Crippen molar-refractivity contribution in [2.24, 2.45) is 0 Å². The standard InChI is InChI=1S/C24H20ClN7O3/c1-15-3-5-16(6-4-15)22(33)21-19(13-26)23(32(30-21)18-9-7-17(25)8-10-18)27-11-2-12-28-24(34)20-14-29-35-31-20/h3-10,14,27H,2,11-12H2,1H3,(H,28,34). The van der Waals surface area contributed by atoms with Gasteiger partial charge in [-0.1, -0.05) is 46.6 Å². The number of benzene rings is 2. The Morgan fingerprint density at radius 3 is 2.51 bits per heavy atom. The van der Waals surface area contributed by atoms with E-state index in [0.717, 1.165) is 5.56 Å². The first-order valence-electron chi connectivity index (χ1n) is 10.7. The van der Waals surface area contributed by atoms with Gasteiger partial charge < -0.3 is 10.6 Å². The summed E-state index contributed by atoms with van der Waals surface area (Å²) in [4.78, 5) is 25.2. The Labute approximate surface area is 205 Å². The Bertz CT molecular complexity index is 1370. The molecule has 2 aromatic heterocycles. The molecule has 0 atom stereocenters. The van der Waals surface area contributed by atoms with E-state index >= 15 is 0 Å². The lowest BCUT2D eigenvalue weighted by Gasteiger charge is -2.10. The van der Waals surface area contributed by atoms with Crippen molar-refractivity contribution in [1.29, 1.82) is 5.26 Å². The number of nitriles is 1. The van der Waals surface area contributed by atoms with Gasteiger partial charge in [-0.05, 0) is 42.8 Å². The molecule has 0 aliphatic carbocycles. The maximum atomic E-state index is 13.2. The normalized spacial score (nSPS) is 10.5. The number of hydrogen-bond acceptors (Lipinski definition) is 8. The second-order valence-electron chi connectivity index (χ2n) is 7.60. The van der Waals surface area contributed by atoms with Gasteiger partial charge in [-0.3, -0.25) is 9.59 Å². The van der Waals surface area contributed by atoms with Crippen LogP contribution in [0.4, 0.5) is 5.82 Å². The topological polar surface area (TPSA) is 139 Å². The van der Waals surface area contributed by atoms with Gasteiger partial charge in [0, 0.05) is 23.7 Å². The summed E-state index contributed by atoms with van der Waals surface area (Å²) in [6.45, 7) is 2.66. The van der Waals surface area contributed by atoms with Crippen LogP contribution in [0.1, 0.15) is 44.1 Å². The van der Waals surface area contributed by atoms with Crippen LogP contribution in [0, 0.1) is 18.3 Å². The molecule has 0 bridgehead atoms. The van der Waals surface area contributed by atoms with Crippen LogP contribution in [0.2, 0.25) is 5.02 Å². The highest BCUT2D eigenvalue weighted by Gasteiger charge is 2.25. The van der Waals surface area contributed by atoms with E-state index in [1.54, 1.807) is 36.4 Å². The zero-order valence-electron chi connectivity index (χ0n) is 18.7. The molecule has 176 valence electrons. The van der Waals surface area contributed by atoms with Gasteiger partial charge in [-0.15, -0.1) is 0 Å². The number of carbonyl (C=O) groups excluding carboxylic acids is 2. The molecule has 4 rings (SSSR count). The van der Waals surface area contributed by atoms with Gasteiger partial charge in [0.15, 0.2) is 11.4 Å². The van der Waals surface area contributed by atoms with Crippen molar-refractivity contribution < 1.29 is 14.2 Å². The number of hydrogen-bond donors (Lipinski definition) is 2. The molecule has 10 nitrogen and oxygen atoms in total. The lowest BCUT2D eigenvalue weighted by atomic mass is 10.0. The van der Waals surface area contributed by atoms with Crippen molar-refractivity contribution in [1.82, 2.24) is 25.4 Å². The zero-order chi connectivity index (χ0) is 24.8. The molecule has 0 spiro atoms. The molecule has 2 heterocycles. The number of nitrogens with one attached hydrogen (secondary N) is 2. The number of carbonyl (C=O) groups is 2. The van der Waals surface area contributed by atoms with Crippen LogP contribution in [0.3, 0.4) is 0 Å². The predicted octanol–water partition coefficient (Wildman–Crippen LogP) is 3.55. The fourth-order valence-corrected chi connectivity index (χ4v) is 3.44. The van der Waals surface area contributed by atoms with Crippen molar-refractivity contribution in [2.75, 3.05) is 18.4 Å². The third kappa shape index (κ3) is 5.37. The molecule has 0 radical (unpaired) electrons. The average Bonchev–Trinajstić information content (AvgIpc) is 3.53. The summed E-state index contributed by atoms with van der Waals surface area (Å²) in [5.74, 6) is -0.385. The molecule has 11 heteroatoms. The molecule has 35 heavy (non-hydrogen) atoms. The van der Waals surface area contributed by atoms with Crippen molar-refractivity contribution in [3.8, 4) is 11.8 Å². The van der Waals surface area contributed by atoms with E-state index in [1.165, 1.54) is 10.9 Å². The summed E-state index contributed by atoms with van der Waals surface area (Å²) < 4.78 is 5.93. The minimum absolute atomic E-state index is 0.0423. The number of halogens is 1. The predicted molar refractivity (Wildman–Crippen MR) is 128 cm³/mol. The summed E-state index contributed by atoms with van der Waals surface area (Å²) in [5.41, 5.74) is 2.34. The molecular weight excluding hydrogens is 470 g/mol. The number of ketones is 1. The van der Waals surface area contributed by atoms with Gasteiger partial charge >= 0.3 is 0 Å². The van der Waals surface area contributed by atoms with E-state index in [9.17, 15) is 14.9 Å². The van der Waals surface area contributed by atoms with Crippen LogP contribution in [0.25, 0.3) is 5.69 Å². The van der Waals surface area contributed by atoms with Gasteiger partial charge in [0.1, 0.15) is 23.6 Å². The average molecular weight is 490 g/mol. The van der Waals surface area contributed by atoms with Crippen molar-refractivity contribution in [3.63, 3.8) is 0 Å². The van der Waals surface area contributed by atoms with Crippen LogP contribution in [0.15, 0.2) is 59.4 Å². The smallest absolute Gasteiger partial charge is 0.275 e. The molecule has 0 unspecified atom stereocenters. The van der Waals surface area contributed by atoms with Gasteiger partial charge in [0.25, 0.3) is 5.91 Å². The van der Waals surface area contributed by atoms with Crippen molar-refractivity contribution in [2.45, 2.75) is 13.3 Å². The summed E-state index contributed by atoms with van der Waals surface area (Å²) >= 11 is 6.03. The summed E-state index contributed by atoms with van der Waals surface area (Å²) in [7, 11) is 0. The van der Waals surface area contributed by atoms with Gasteiger partial charge in [-0.25, -0.2) is 9.31 Å². The Kier molecular flexibility index (Phi) is 7.18. The van der Waals surface area contributed by atoms with E-state index in [4.69, 9.17) is 11.6 Å². The molecule has 0 saturated carbocycles. The molecular formula is C24H20ClN7O3. The first kappa shape index (κ1) is 23.7. The molecule has 2 N–H and O–H groups in total. The third-order valence-electron chi connectivity index (χ3n) is 5.12. The van der Waals surface area contributed by atoms with Gasteiger partial charge in [0.05, 0.1) is 5.69 Å². The number of aromatic nitrogens is 4. The highest BCUT2D eigenvalue weighted by molar-refractivity contribution is 6.30. The van der Waals surface area contributed by atoms with E-state index < -0.39 is 5.91 Å². The minimum atomic E-state index is -0.402. The quantitative estimate of drug-likeness (QED) is 0.269. The minimum Gasteiger partial charge on any atom is -0.369 e. The Morgan fingerprint density at radius 2 is 1.86 bits per heavy atom. The second kappa shape index (κ2) is 10.6. The number of rotatable bonds is 9. The first-order valence-corrected chi connectivity index (χ1v) is 11.1. The summed E-state index contributed by atoms with van der Waals surface area (Å²) in [5, 5.41) is 27.7. The summed E-state index contributed by atoms with van der Waals surface area (Å²) in [6.07, 6.45) is 1.75. The van der Waals surface area contributed by atoms with Crippen LogP contribution < -0.4 is 10.6 Å². The van der Waals surface area contributed by atoms with Crippen LogP contribution in [-0.4, -0.2) is 44.9 Å². The fourth-order valence-electron chi connectivity index (χ4n) is 3.31. The monoisotopic (exact) mass is 489 g/mol. The third-order valence-corrected chi connectivity index (χ3v) is 5.37. The lowest BCUT2D eigenvalue weighted by Crippen LogP contribution is -2.26. The molecule has 4 aromatic rings. The zero-order valence-corrected chi connectivity index (χ0v) is 19.4. The van der Waals surface area contributed by atoms with E-state index in [2.05, 4.69) is 36.7 Å². The highest BCUT2D eigenvalue weighted by atomic mass is 35.5. The van der Waals surface area contributed by atoms with Gasteiger partial charge in [0.2, 0.25) is 5.78 Å². The van der Waals surface area contributed by atoms with E-state index in [0.29, 0.717) is 41.6 Å². The molecule has 0 aliphatic rings. The highest BCUT2D eigenvalue weighted by Crippen LogP contribution is 2.26. The Balaban J connectivity index is 1.57. The number of anilines is 1. The van der Waals surface area contributed by atoms with E-state index in [-0.39, 0.29) is 22.7 Å². The maximum absolute atomic E-state index is 13.2. The van der Waals surface area contributed by atoms with Crippen LogP contribution in [-0.2, 0) is 0 Å². The molecule has 1 amide bonds. The number of aryl methyl sites for hydroxylation is 1. The first-order chi connectivity index (χ1) is 17.0. The molecule has 0 saturated heterocycles. The summed E-state index contributed by atoms with van der Waals surface area (Å²) in [6, 6.07) is 16.1. The largest absolute Gasteiger partial charge is 0.369 e. The number of nitrogens with zero attached hydrogens (tertiary/aromatic N) is 5. The van der Waals surface area contributed by atoms with Crippen molar-refractivity contribution >= 4 is 29.1 Å². The molecule has 0 fully saturated rings. The Morgan fingerprint density at radius 1 is 1.11 bits per heavy atom. The van der Waals surface area contributed by atoms with Gasteiger partial charge in [-0.2, -0.15) is 10.4 Å². The lowest BCUT2D eigenvalue weighted by molar-refractivity contribution is 0.0943. The maximum Gasteiger partial charge on any atom is 0.275 e. The second-order valence-corrected chi connectivity index (χ2v) is 8.03. The molecule has 2 aromatic carbocycles. The van der Waals surface area contributed by atoms with Crippen LogP contribution >= 0.6 is 11.6 Å². The SMILES string of the molecule is Cc1ccc(C(=O)c2nn(-c3ccc(Cl)cc3)c(NCCCNC(=O)c3cnon3)c2C#N)cc1. The molecule has 0 aliphatic heterocycles. The van der Waals surface area contributed by atoms with E-state index in [1.807, 2.05) is 19.1 Å².